The van der Waals surface area contributed by atoms with Gasteiger partial charge in [0.1, 0.15) is 5.82 Å². The van der Waals surface area contributed by atoms with Crippen molar-refractivity contribution in [3.63, 3.8) is 0 Å². The number of benzene rings is 1. The maximum absolute atomic E-state index is 13.2. The van der Waals surface area contributed by atoms with E-state index in [1.807, 2.05) is 28.3 Å². The average molecular weight is 448 g/mol. The maximum Gasteiger partial charge on any atom is 0.243 e. The summed E-state index contributed by atoms with van der Waals surface area (Å²) in [6.45, 7) is 9.14. The van der Waals surface area contributed by atoms with E-state index in [1.54, 1.807) is 16.4 Å². The van der Waals surface area contributed by atoms with Crippen molar-refractivity contribution in [3.05, 3.63) is 52.6 Å². The van der Waals surface area contributed by atoms with Crippen LogP contribution < -0.4 is 0 Å². The standard InChI is InChI=1S/C21H29N5O2S2/c1-3-10-25-17(2)22-26(21(25)29)16-23-11-13-24(14-12-23)30(27,28)20-9-8-18-6-4-5-7-19(18)15-20/h3,8-9,15H,1,4-7,10-14,16H2,2H3. The molecule has 1 aliphatic heterocycles. The van der Waals surface area contributed by atoms with Crippen LogP contribution in [0, 0.1) is 11.7 Å². The highest BCUT2D eigenvalue weighted by Gasteiger charge is 2.29. The minimum absolute atomic E-state index is 0.428. The number of rotatable bonds is 6. The number of hydrogen-bond acceptors (Lipinski definition) is 5. The lowest BCUT2D eigenvalue weighted by Gasteiger charge is -2.33. The molecule has 9 heteroatoms. The van der Waals surface area contributed by atoms with Crippen LogP contribution in [0.4, 0.5) is 0 Å². The maximum atomic E-state index is 13.2. The number of hydrogen-bond donors (Lipinski definition) is 0. The minimum Gasteiger partial charge on any atom is -0.300 e. The van der Waals surface area contributed by atoms with E-state index >= 15 is 0 Å². The van der Waals surface area contributed by atoms with Gasteiger partial charge in [0, 0.05) is 32.7 Å². The Morgan fingerprint density at radius 3 is 2.53 bits per heavy atom. The smallest absolute Gasteiger partial charge is 0.243 e. The van der Waals surface area contributed by atoms with Crippen LogP contribution >= 0.6 is 12.2 Å². The summed E-state index contributed by atoms with van der Waals surface area (Å²) in [5, 5.41) is 4.53. The van der Waals surface area contributed by atoms with Crippen molar-refractivity contribution in [1.29, 1.82) is 0 Å². The summed E-state index contributed by atoms with van der Waals surface area (Å²) >= 11 is 5.52. The van der Waals surface area contributed by atoms with Crippen LogP contribution in [0.1, 0.15) is 29.8 Å². The van der Waals surface area contributed by atoms with Crippen LogP contribution in [0.5, 0.6) is 0 Å². The van der Waals surface area contributed by atoms with Gasteiger partial charge in [-0.25, -0.2) is 13.1 Å². The lowest BCUT2D eigenvalue weighted by molar-refractivity contribution is 0.144. The largest absolute Gasteiger partial charge is 0.300 e. The third kappa shape index (κ3) is 4.16. The molecule has 0 atom stereocenters. The van der Waals surface area contributed by atoms with Crippen molar-refractivity contribution in [1.82, 2.24) is 23.6 Å². The molecule has 1 aliphatic carbocycles. The second-order valence-electron chi connectivity index (χ2n) is 8.03. The number of fused-ring (bicyclic) bond motifs is 1. The van der Waals surface area contributed by atoms with Crippen LogP contribution in [-0.4, -0.2) is 58.1 Å². The Labute approximate surface area is 183 Å². The molecule has 7 nitrogen and oxygen atoms in total. The lowest BCUT2D eigenvalue weighted by Crippen LogP contribution is -2.49. The predicted octanol–water partition coefficient (Wildman–Crippen LogP) is 2.75. The summed E-state index contributed by atoms with van der Waals surface area (Å²) in [6, 6.07) is 5.67. The van der Waals surface area contributed by atoms with Crippen LogP contribution in [0.3, 0.4) is 0 Å². The molecule has 2 aliphatic rings. The Hall–Kier alpha value is -1.81. The van der Waals surface area contributed by atoms with E-state index in [4.69, 9.17) is 12.2 Å². The third-order valence-corrected chi connectivity index (χ3v) is 8.37. The molecule has 2 aromatic rings. The lowest BCUT2D eigenvalue weighted by atomic mass is 9.92. The van der Waals surface area contributed by atoms with Crippen molar-refractivity contribution in [3.8, 4) is 0 Å². The Kier molecular flexibility index (Phi) is 6.24. The summed E-state index contributed by atoms with van der Waals surface area (Å²) in [6.07, 6.45) is 6.17. The monoisotopic (exact) mass is 447 g/mol. The molecule has 0 radical (unpaired) electrons. The van der Waals surface area contributed by atoms with Gasteiger partial charge in [0.15, 0.2) is 4.77 Å². The average Bonchev–Trinajstić information content (AvgIpc) is 3.01. The van der Waals surface area contributed by atoms with Gasteiger partial charge in [-0.2, -0.15) is 9.40 Å². The number of nitrogens with zero attached hydrogens (tertiary/aromatic N) is 5. The van der Waals surface area contributed by atoms with Gasteiger partial charge in [-0.15, -0.1) is 6.58 Å². The molecular weight excluding hydrogens is 418 g/mol. The molecule has 1 fully saturated rings. The fourth-order valence-electron chi connectivity index (χ4n) is 4.30. The second-order valence-corrected chi connectivity index (χ2v) is 10.3. The first kappa shape index (κ1) is 21.4. The van der Waals surface area contributed by atoms with Crippen LogP contribution in [-0.2, 0) is 36.1 Å². The number of allylic oxidation sites excluding steroid dienone is 1. The number of aryl methyl sites for hydroxylation is 3. The van der Waals surface area contributed by atoms with Crippen molar-refractivity contribution in [2.45, 2.75) is 50.7 Å². The van der Waals surface area contributed by atoms with Gasteiger partial charge < -0.3 is 4.57 Å². The Morgan fingerprint density at radius 2 is 1.83 bits per heavy atom. The van der Waals surface area contributed by atoms with Crippen molar-refractivity contribution >= 4 is 22.2 Å². The summed E-state index contributed by atoms with van der Waals surface area (Å²) in [4.78, 5) is 2.62. The molecule has 1 aromatic carbocycles. The topological polar surface area (TPSA) is 63.4 Å². The molecule has 0 bridgehead atoms. The zero-order chi connectivity index (χ0) is 21.3. The summed E-state index contributed by atoms with van der Waals surface area (Å²) in [7, 11) is -3.46. The van der Waals surface area contributed by atoms with Gasteiger partial charge in [-0.3, -0.25) is 4.90 Å². The molecule has 1 saturated heterocycles. The quantitative estimate of drug-likeness (QED) is 0.503. The van der Waals surface area contributed by atoms with E-state index in [9.17, 15) is 8.42 Å². The molecule has 4 rings (SSSR count). The van der Waals surface area contributed by atoms with Gasteiger partial charge in [0.25, 0.3) is 0 Å². The second kappa shape index (κ2) is 8.74. The summed E-state index contributed by atoms with van der Waals surface area (Å²) < 4.78 is 32.4. The summed E-state index contributed by atoms with van der Waals surface area (Å²) in [5.41, 5.74) is 2.49. The summed E-state index contributed by atoms with van der Waals surface area (Å²) in [5.74, 6) is 0.855. The van der Waals surface area contributed by atoms with Crippen molar-refractivity contribution in [2.75, 3.05) is 26.2 Å². The van der Waals surface area contributed by atoms with E-state index in [2.05, 4.69) is 16.6 Å². The van der Waals surface area contributed by atoms with E-state index in [0.29, 0.717) is 49.1 Å². The Morgan fingerprint density at radius 1 is 1.13 bits per heavy atom. The molecule has 0 N–H and O–H groups in total. The van der Waals surface area contributed by atoms with Gasteiger partial charge >= 0.3 is 0 Å². The fourth-order valence-corrected chi connectivity index (χ4v) is 6.08. The van der Waals surface area contributed by atoms with Crippen molar-refractivity contribution in [2.24, 2.45) is 0 Å². The van der Waals surface area contributed by atoms with Gasteiger partial charge in [-0.1, -0.05) is 12.1 Å². The number of aromatic nitrogens is 3. The first-order chi connectivity index (χ1) is 14.4. The fraction of sp³-hybridized carbons (Fsp3) is 0.524. The first-order valence-electron chi connectivity index (χ1n) is 10.5. The molecule has 0 saturated carbocycles. The highest BCUT2D eigenvalue weighted by molar-refractivity contribution is 7.89. The number of piperazine rings is 1. The normalized spacial score (nSPS) is 18.3. The SMILES string of the molecule is C=CCn1c(C)nn(CN2CCN(S(=O)(=O)c3ccc4c(c3)CCCC4)CC2)c1=S. The highest BCUT2D eigenvalue weighted by atomic mass is 32.2. The van der Waals surface area contributed by atoms with E-state index in [0.717, 1.165) is 25.1 Å². The Balaban J connectivity index is 1.42. The van der Waals surface area contributed by atoms with Gasteiger partial charge in [-0.05, 0) is 68.1 Å². The molecule has 30 heavy (non-hydrogen) atoms. The van der Waals surface area contributed by atoms with E-state index < -0.39 is 10.0 Å². The van der Waals surface area contributed by atoms with Gasteiger partial charge in [0.05, 0.1) is 11.6 Å². The number of sulfonamides is 1. The minimum atomic E-state index is -3.46. The van der Waals surface area contributed by atoms with E-state index in [-0.39, 0.29) is 0 Å². The molecule has 1 aromatic heterocycles. The van der Waals surface area contributed by atoms with Crippen LogP contribution in [0.2, 0.25) is 0 Å². The zero-order valence-corrected chi connectivity index (χ0v) is 19.1. The molecule has 0 amide bonds. The molecule has 162 valence electrons. The Bertz CT molecular complexity index is 1100. The zero-order valence-electron chi connectivity index (χ0n) is 17.5. The molecule has 0 unspecified atom stereocenters. The molecular formula is C21H29N5O2S2. The molecule has 2 heterocycles. The van der Waals surface area contributed by atoms with Gasteiger partial charge in [0.2, 0.25) is 10.0 Å². The highest BCUT2D eigenvalue weighted by Crippen LogP contribution is 2.26. The molecule has 0 spiro atoms. The van der Waals surface area contributed by atoms with Crippen LogP contribution in [0.15, 0.2) is 35.7 Å². The van der Waals surface area contributed by atoms with Crippen molar-refractivity contribution < 1.29 is 8.42 Å². The predicted molar refractivity (Wildman–Crippen MR) is 119 cm³/mol. The van der Waals surface area contributed by atoms with E-state index in [1.165, 1.54) is 17.5 Å². The van der Waals surface area contributed by atoms with Crippen LogP contribution in [0.25, 0.3) is 0 Å². The third-order valence-electron chi connectivity index (χ3n) is 6.04. The first-order valence-corrected chi connectivity index (χ1v) is 12.3.